The Bertz CT molecular complexity index is 324. The van der Waals surface area contributed by atoms with Crippen molar-refractivity contribution in [2.75, 3.05) is 12.9 Å². The minimum atomic E-state index is -0.578. The largest absolute Gasteiger partial charge is 0.462 e. The van der Waals surface area contributed by atoms with Crippen molar-refractivity contribution in [2.24, 2.45) is 0 Å². The lowest BCUT2D eigenvalue weighted by molar-refractivity contribution is -0.138. The Kier molecular flexibility index (Phi) is 5.97. The Morgan fingerprint density at radius 1 is 1.50 bits per heavy atom. The maximum absolute atomic E-state index is 11.5. The molecule has 0 aliphatic heterocycles. The number of hydrogen-bond acceptors (Lipinski definition) is 5. The van der Waals surface area contributed by atoms with Crippen molar-refractivity contribution >= 4 is 17.7 Å². The van der Waals surface area contributed by atoms with Crippen molar-refractivity contribution in [1.82, 2.24) is 5.32 Å². The first-order valence-corrected chi connectivity index (χ1v) is 6.21. The molecule has 0 rings (SSSR count). The molecule has 4 nitrogen and oxygen atoms in total. The zero-order chi connectivity index (χ0) is 12.8. The van der Waals surface area contributed by atoms with Gasteiger partial charge in [-0.2, -0.15) is 5.26 Å². The number of hydrogen-bond donors (Lipinski definition) is 1. The van der Waals surface area contributed by atoms with Crippen LogP contribution in [-0.4, -0.2) is 24.4 Å². The van der Waals surface area contributed by atoms with E-state index in [9.17, 15) is 4.79 Å². The first-order chi connectivity index (χ1) is 7.35. The van der Waals surface area contributed by atoms with Crippen molar-refractivity contribution in [2.45, 2.75) is 33.2 Å². The Morgan fingerprint density at radius 2 is 2.06 bits per heavy atom. The van der Waals surface area contributed by atoms with Gasteiger partial charge in [0.05, 0.1) is 11.6 Å². The molecule has 1 N–H and O–H groups in total. The lowest BCUT2D eigenvalue weighted by atomic mass is 10.1. The number of ether oxygens (including phenoxy) is 1. The maximum atomic E-state index is 11.5. The highest BCUT2D eigenvalue weighted by Gasteiger charge is 2.20. The number of esters is 1. The summed E-state index contributed by atoms with van der Waals surface area (Å²) in [5.41, 5.74) is -0.170. The van der Waals surface area contributed by atoms with E-state index in [2.05, 4.69) is 5.32 Å². The van der Waals surface area contributed by atoms with E-state index in [1.807, 2.05) is 33.1 Å². The van der Waals surface area contributed by atoms with E-state index in [0.717, 1.165) is 0 Å². The fourth-order valence-electron chi connectivity index (χ4n) is 0.949. The summed E-state index contributed by atoms with van der Waals surface area (Å²) in [6.45, 7) is 7.86. The van der Waals surface area contributed by atoms with Gasteiger partial charge in [0.25, 0.3) is 0 Å². The van der Waals surface area contributed by atoms with Crippen LogP contribution in [0.25, 0.3) is 0 Å². The Morgan fingerprint density at radius 3 is 2.38 bits per heavy atom. The number of thioether (sulfide) groups is 1. The fraction of sp³-hybridized carbons (Fsp3) is 0.636. The second-order valence-electron chi connectivity index (χ2n) is 4.12. The molecule has 0 aromatic heterocycles. The van der Waals surface area contributed by atoms with Gasteiger partial charge in [-0.3, -0.25) is 0 Å². The summed E-state index contributed by atoms with van der Waals surface area (Å²) in [7, 11) is 0. The van der Waals surface area contributed by atoms with E-state index < -0.39 is 5.97 Å². The quantitative estimate of drug-likeness (QED) is 0.464. The van der Waals surface area contributed by atoms with Crippen LogP contribution >= 0.6 is 11.8 Å². The summed E-state index contributed by atoms with van der Waals surface area (Å²) < 4.78 is 4.82. The molecule has 0 saturated carbocycles. The standard InChI is InChI=1S/C11H18N2O2S/c1-6-15-10(14)8(7-12)9(16-5)13-11(2,3)4/h13H,6H2,1-5H3. The lowest BCUT2D eigenvalue weighted by Gasteiger charge is -2.23. The van der Waals surface area contributed by atoms with Gasteiger partial charge in [0.1, 0.15) is 6.07 Å². The first kappa shape index (κ1) is 14.8. The molecule has 0 aromatic rings. The van der Waals surface area contributed by atoms with Gasteiger partial charge < -0.3 is 10.1 Å². The molecular formula is C11H18N2O2S. The van der Waals surface area contributed by atoms with Crippen LogP contribution in [0.2, 0.25) is 0 Å². The van der Waals surface area contributed by atoms with Crippen molar-refractivity contribution < 1.29 is 9.53 Å². The van der Waals surface area contributed by atoms with Crippen LogP contribution in [0.1, 0.15) is 27.7 Å². The molecule has 0 heterocycles. The normalized spacial score (nSPS) is 12.5. The zero-order valence-electron chi connectivity index (χ0n) is 10.4. The molecule has 0 aromatic carbocycles. The third-order valence-electron chi connectivity index (χ3n) is 1.51. The highest BCUT2D eigenvalue weighted by molar-refractivity contribution is 8.02. The topological polar surface area (TPSA) is 62.1 Å². The van der Waals surface area contributed by atoms with E-state index in [1.54, 1.807) is 6.92 Å². The SMILES string of the molecule is CCOC(=O)C(C#N)=C(NC(C)(C)C)SC. The van der Waals surface area contributed by atoms with Crippen LogP contribution in [0.15, 0.2) is 10.6 Å². The Balaban J connectivity index is 5.08. The van der Waals surface area contributed by atoms with Crippen LogP contribution in [-0.2, 0) is 9.53 Å². The maximum Gasteiger partial charge on any atom is 0.351 e. The van der Waals surface area contributed by atoms with Gasteiger partial charge in [0.2, 0.25) is 0 Å². The highest BCUT2D eigenvalue weighted by atomic mass is 32.2. The van der Waals surface area contributed by atoms with E-state index in [4.69, 9.17) is 10.00 Å². The number of nitrogens with zero attached hydrogens (tertiary/aromatic N) is 1. The first-order valence-electron chi connectivity index (χ1n) is 4.99. The molecule has 0 amide bonds. The molecule has 0 fully saturated rings. The smallest absolute Gasteiger partial charge is 0.351 e. The third kappa shape index (κ3) is 5.08. The third-order valence-corrected chi connectivity index (χ3v) is 2.23. The van der Waals surface area contributed by atoms with Crippen LogP contribution in [0.3, 0.4) is 0 Å². The summed E-state index contributed by atoms with van der Waals surface area (Å²) in [4.78, 5) is 11.5. The van der Waals surface area contributed by atoms with E-state index in [1.165, 1.54) is 11.8 Å². The molecular weight excluding hydrogens is 224 g/mol. The number of rotatable bonds is 4. The van der Waals surface area contributed by atoms with Crippen LogP contribution in [0, 0.1) is 11.3 Å². The van der Waals surface area contributed by atoms with E-state index >= 15 is 0 Å². The molecule has 0 radical (unpaired) electrons. The number of carbonyl (C=O) groups is 1. The predicted octanol–water partition coefficient (Wildman–Crippen LogP) is 2.04. The molecule has 0 aliphatic rings. The molecule has 0 saturated heterocycles. The van der Waals surface area contributed by atoms with Gasteiger partial charge in [0.15, 0.2) is 5.57 Å². The molecule has 0 spiro atoms. The second-order valence-corrected chi connectivity index (χ2v) is 4.93. The predicted molar refractivity (Wildman–Crippen MR) is 65.7 cm³/mol. The number of carbonyl (C=O) groups excluding carboxylic acids is 1. The molecule has 90 valence electrons. The Labute approximate surface area is 101 Å². The van der Waals surface area contributed by atoms with Gasteiger partial charge in [-0.1, -0.05) is 0 Å². The second kappa shape index (κ2) is 6.44. The highest BCUT2D eigenvalue weighted by Crippen LogP contribution is 2.18. The van der Waals surface area contributed by atoms with Crippen molar-refractivity contribution in [3.8, 4) is 6.07 Å². The number of nitriles is 1. The minimum Gasteiger partial charge on any atom is -0.462 e. The van der Waals surface area contributed by atoms with Crippen molar-refractivity contribution in [3.05, 3.63) is 10.6 Å². The summed E-state index contributed by atoms with van der Waals surface area (Å²) in [5.74, 6) is -0.578. The minimum absolute atomic E-state index is 0.0317. The summed E-state index contributed by atoms with van der Waals surface area (Å²) in [5, 5.41) is 12.6. The Hall–Kier alpha value is -1.15. The summed E-state index contributed by atoms with van der Waals surface area (Å²) >= 11 is 1.33. The summed E-state index contributed by atoms with van der Waals surface area (Å²) in [6, 6.07) is 1.88. The lowest BCUT2D eigenvalue weighted by Crippen LogP contribution is -2.35. The van der Waals surface area contributed by atoms with Crippen LogP contribution in [0.4, 0.5) is 0 Å². The average Bonchev–Trinajstić information content (AvgIpc) is 2.16. The van der Waals surface area contributed by atoms with Gasteiger partial charge in [-0.15, -0.1) is 11.8 Å². The van der Waals surface area contributed by atoms with Crippen LogP contribution in [0.5, 0.6) is 0 Å². The van der Waals surface area contributed by atoms with Gasteiger partial charge >= 0.3 is 5.97 Å². The summed E-state index contributed by atoms with van der Waals surface area (Å²) in [6.07, 6.45) is 1.81. The number of nitrogens with one attached hydrogen (secondary N) is 1. The molecule has 0 aliphatic carbocycles. The van der Waals surface area contributed by atoms with Gasteiger partial charge in [0, 0.05) is 5.54 Å². The van der Waals surface area contributed by atoms with Crippen LogP contribution < -0.4 is 5.32 Å². The molecule has 16 heavy (non-hydrogen) atoms. The molecule has 0 bridgehead atoms. The van der Waals surface area contributed by atoms with E-state index in [0.29, 0.717) is 5.03 Å². The average molecular weight is 242 g/mol. The molecule has 0 unspecified atom stereocenters. The fourth-order valence-corrected chi connectivity index (χ4v) is 1.69. The molecule has 5 heteroatoms. The monoisotopic (exact) mass is 242 g/mol. The van der Waals surface area contributed by atoms with E-state index in [-0.39, 0.29) is 17.7 Å². The van der Waals surface area contributed by atoms with Gasteiger partial charge in [-0.05, 0) is 34.0 Å². The zero-order valence-corrected chi connectivity index (χ0v) is 11.2. The molecule has 0 atom stereocenters. The van der Waals surface area contributed by atoms with Crippen molar-refractivity contribution in [3.63, 3.8) is 0 Å². The van der Waals surface area contributed by atoms with Gasteiger partial charge in [-0.25, -0.2) is 4.79 Å². The van der Waals surface area contributed by atoms with Crippen molar-refractivity contribution in [1.29, 1.82) is 5.26 Å².